The van der Waals surface area contributed by atoms with E-state index < -0.39 is 11.9 Å². The molecular weight excluding hydrogens is 332 g/mol. The first kappa shape index (κ1) is 18.4. The van der Waals surface area contributed by atoms with Gasteiger partial charge in [0.05, 0.1) is 36.2 Å². The summed E-state index contributed by atoms with van der Waals surface area (Å²) in [6.45, 7) is 5.22. The summed E-state index contributed by atoms with van der Waals surface area (Å²) in [5.41, 5.74) is 1.61. The molecule has 0 unspecified atom stereocenters. The average Bonchev–Trinajstić information content (AvgIpc) is 2.59. The van der Waals surface area contributed by atoms with E-state index in [-0.39, 0.29) is 6.54 Å². The van der Waals surface area contributed by atoms with Crippen LogP contribution in [0.1, 0.15) is 13.3 Å². The zero-order valence-electron chi connectivity index (χ0n) is 13.7. The Morgan fingerprint density at radius 3 is 2.75 bits per heavy atom. The van der Waals surface area contributed by atoms with E-state index in [1.807, 2.05) is 25.1 Å². The number of carbonyl (C=O) groups is 2. The predicted molar refractivity (Wildman–Crippen MR) is 94.8 cm³/mol. The Morgan fingerprint density at radius 2 is 2.04 bits per heavy atom. The van der Waals surface area contributed by atoms with E-state index in [0.717, 1.165) is 30.9 Å². The van der Waals surface area contributed by atoms with E-state index in [0.29, 0.717) is 24.8 Å². The smallest absolute Gasteiger partial charge is 0.321 e. The van der Waals surface area contributed by atoms with Gasteiger partial charge >= 0.3 is 6.03 Å². The summed E-state index contributed by atoms with van der Waals surface area (Å²) in [6, 6.07) is 5.01. The third kappa shape index (κ3) is 5.28. The number of nitrogens with one attached hydrogen (secondary N) is 3. The first-order chi connectivity index (χ1) is 11.6. The number of urea groups is 1. The van der Waals surface area contributed by atoms with Gasteiger partial charge in [-0.15, -0.1) is 0 Å². The second-order valence-electron chi connectivity index (χ2n) is 5.39. The first-order valence-electron chi connectivity index (χ1n) is 8.04. The largest absolute Gasteiger partial charge is 0.378 e. The molecule has 1 aliphatic rings. The van der Waals surface area contributed by atoms with E-state index in [9.17, 15) is 9.59 Å². The van der Waals surface area contributed by atoms with E-state index in [4.69, 9.17) is 16.3 Å². The van der Waals surface area contributed by atoms with Crippen molar-refractivity contribution in [1.82, 2.24) is 10.6 Å². The number of anilines is 2. The van der Waals surface area contributed by atoms with Gasteiger partial charge < -0.3 is 20.3 Å². The summed E-state index contributed by atoms with van der Waals surface area (Å²) in [4.78, 5) is 25.5. The van der Waals surface area contributed by atoms with Crippen molar-refractivity contribution < 1.29 is 14.3 Å². The number of para-hydroxylation sites is 1. The minimum atomic E-state index is -0.483. The maximum Gasteiger partial charge on any atom is 0.321 e. The fraction of sp³-hybridized carbons (Fsp3) is 0.500. The third-order valence-corrected chi connectivity index (χ3v) is 3.85. The molecule has 7 nitrogen and oxygen atoms in total. The molecule has 0 bridgehead atoms. The second kappa shape index (κ2) is 9.34. The number of rotatable bonds is 6. The number of ether oxygens (including phenoxy) is 1. The minimum Gasteiger partial charge on any atom is -0.378 e. The van der Waals surface area contributed by atoms with Crippen LogP contribution in [0.3, 0.4) is 0 Å². The average molecular weight is 355 g/mol. The lowest BCUT2D eigenvalue weighted by Crippen LogP contribution is -2.42. The van der Waals surface area contributed by atoms with Crippen molar-refractivity contribution in [2.75, 3.05) is 49.6 Å². The van der Waals surface area contributed by atoms with E-state index in [2.05, 4.69) is 20.9 Å². The monoisotopic (exact) mass is 354 g/mol. The molecule has 0 aliphatic carbocycles. The van der Waals surface area contributed by atoms with Crippen LogP contribution in [-0.2, 0) is 9.53 Å². The topological polar surface area (TPSA) is 82.7 Å². The fourth-order valence-corrected chi connectivity index (χ4v) is 2.69. The molecule has 1 fully saturated rings. The van der Waals surface area contributed by atoms with E-state index in [1.165, 1.54) is 0 Å². The summed E-state index contributed by atoms with van der Waals surface area (Å²) >= 11 is 6.33. The maximum absolute atomic E-state index is 11.9. The number of hydrogen-bond acceptors (Lipinski definition) is 5. The minimum absolute atomic E-state index is 0.0166. The van der Waals surface area contributed by atoms with Crippen molar-refractivity contribution in [2.45, 2.75) is 13.3 Å². The number of benzene rings is 1. The quantitative estimate of drug-likeness (QED) is 0.726. The second-order valence-corrected chi connectivity index (χ2v) is 5.80. The van der Waals surface area contributed by atoms with Gasteiger partial charge in [0.2, 0.25) is 5.91 Å². The Labute approximate surface area is 146 Å². The van der Waals surface area contributed by atoms with Gasteiger partial charge in [-0.1, -0.05) is 24.6 Å². The molecule has 8 heteroatoms. The molecule has 0 aromatic heterocycles. The molecule has 1 aromatic carbocycles. The van der Waals surface area contributed by atoms with Gasteiger partial charge in [-0.2, -0.15) is 0 Å². The number of morpholine rings is 1. The van der Waals surface area contributed by atoms with Gasteiger partial charge in [0.25, 0.3) is 0 Å². The molecule has 0 atom stereocenters. The molecule has 0 saturated carbocycles. The molecule has 3 N–H and O–H groups in total. The van der Waals surface area contributed by atoms with Crippen LogP contribution in [0.2, 0.25) is 5.02 Å². The lowest BCUT2D eigenvalue weighted by Gasteiger charge is -2.31. The highest BCUT2D eigenvalue weighted by atomic mass is 35.5. The fourth-order valence-electron chi connectivity index (χ4n) is 2.40. The van der Waals surface area contributed by atoms with Crippen LogP contribution in [0.25, 0.3) is 0 Å². The highest BCUT2D eigenvalue weighted by Crippen LogP contribution is 2.34. The SMILES string of the molecule is CCCNC(=O)NC(=O)CNc1cccc(Cl)c1N1CCOCC1. The van der Waals surface area contributed by atoms with Crippen molar-refractivity contribution in [3.63, 3.8) is 0 Å². The number of nitrogens with zero attached hydrogens (tertiary/aromatic N) is 1. The zero-order valence-corrected chi connectivity index (χ0v) is 14.5. The highest BCUT2D eigenvalue weighted by Gasteiger charge is 2.18. The van der Waals surface area contributed by atoms with Crippen LogP contribution in [0, 0.1) is 0 Å². The van der Waals surface area contributed by atoms with Gasteiger partial charge in [0.15, 0.2) is 0 Å². The highest BCUT2D eigenvalue weighted by molar-refractivity contribution is 6.34. The molecule has 24 heavy (non-hydrogen) atoms. The Morgan fingerprint density at radius 1 is 1.29 bits per heavy atom. The van der Waals surface area contributed by atoms with Crippen molar-refractivity contribution in [1.29, 1.82) is 0 Å². The van der Waals surface area contributed by atoms with Gasteiger partial charge in [0, 0.05) is 19.6 Å². The molecule has 1 heterocycles. The van der Waals surface area contributed by atoms with Gasteiger partial charge in [0.1, 0.15) is 0 Å². The molecule has 1 aliphatic heterocycles. The standard InChI is InChI=1S/C16H23ClN4O3/c1-2-6-18-16(23)20-14(22)11-19-13-5-3-4-12(17)15(13)21-7-9-24-10-8-21/h3-5,19H,2,6-11H2,1H3,(H2,18,20,22,23). The van der Waals surface area contributed by atoms with Crippen molar-refractivity contribution in [3.8, 4) is 0 Å². The molecule has 0 radical (unpaired) electrons. The summed E-state index contributed by atoms with van der Waals surface area (Å²) < 4.78 is 5.36. The Kier molecular flexibility index (Phi) is 7.14. The molecule has 2 rings (SSSR count). The molecule has 1 aromatic rings. The third-order valence-electron chi connectivity index (χ3n) is 3.54. The Hall–Kier alpha value is -1.99. The van der Waals surface area contributed by atoms with Crippen LogP contribution in [0.4, 0.5) is 16.2 Å². The molecule has 0 spiro atoms. The van der Waals surface area contributed by atoms with Crippen molar-refractivity contribution in [2.24, 2.45) is 0 Å². The van der Waals surface area contributed by atoms with Gasteiger partial charge in [-0.25, -0.2) is 4.79 Å². The molecule has 1 saturated heterocycles. The van der Waals surface area contributed by atoms with Crippen molar-refractivity contribution in [3.05, 3.63) is 23.2 Å². The Bertz CT molecular complexity index is 576. The summed E-state index contributed by atoms with van der Waals surface area (Å²) in [6.07, 6.45) is 0.811. The first-order valence-corrected chi connectivity index (χ1v) is 8.42. The van der Waals surface area contributed by atoms with Crippen molar-refractivity contribution >= 4 is 34.9 Å². The number of halogens is 1. The summed E-state index contributed by atoms with van der Waals surface area (Å²) in [5, 5.41) is 8.54. The summed E-state index contributed by atoms with van der Waals surface area (Å²) in [7, 11) is 0. The summed E-state index contributed by atoms with van der Waals surface area (Å²) in [5.74, 6) is -0.406. The van der Waals surface area contributed by atoms with E-state index >= 15 is 0 Å². The predicted octanol–water partition coefficient (Wildman–Crippen LogP) is 1.82. The number of amides is 3. The molecular formula is C16H23ClN4O3. The zero-order chi connectivity index (χ0) is 17.4. The van der Waals surface area contributed by atoms with Crippen LogP contribution < -0.4 is 20.9 Å². The van der Waals surface area contributed by atoms with Crippen LogP contribution >= 0.6 is 11.6 Å². The van der Waals surface area contributed by atoms with Gasteiger partial charge in [-0.05, 0) is 18.6 Å². The molecule has 132 valence electrons. The van der Waals surface area contributed by atoms with Gasteiger partial charge in [-0.3, -0.25) is 10.1 Å². The molecule has 3 amide bonds. The van der Waals surface area contributed by atoms with Crippen LogP contribution in [0.5, 0.6) is 0 Å². The number of hydrogen-bond donors (Lipinski definition) is 3. The number of imide groups is 1. The lowest BCUT2D eigenvalue weighted by atomic mass is 10.2. The number of carbonyl (C=O) groups excluding carboxylic acids is 2. The van der Waals surface area contributed by atoms with Crippen LogP contribution in [-0.4, -0.2) is 51.3 Å². The normalized spacial score (nSPS) is 14.2. The van der Waals surface area contributed by atoms with E-state index in [1.54, 1.807) is 0 Å². The lowest BCUT2D eigenvalue weighted by molar-refractivity contribution is -0.118. The Balaban J connectivity index is 1.95. The van der Waals surface area contributed by atoms with Crippen LogP contribution in [0.15, 0.2) is 18.2 Å². The maximum atomic E-state index is 11.9.